The van der Waals surface area contributed by atoms with Crippen LogP contribution in [0.2, 0.25) is 0 Å². The van der Waals surface area contributed by atoms with Crippen molar-refractivity contribution >= 4 is 17.6 Å². The molecule has 1 fully saturated rings. The maximum Gasteiger partial charge on any atom is 0.319 e. The van der Waals surface area contributed by atoms with Crippen molar-refractivity contribution in [3.8, 4) is 0 Å². The third-order valence-corrected chi connectivity index (χ3v) is 4.14. The Bertz CT molecular complexity index is 748. The van der Waals surface area contributed by atoms with Crippen LogP contribution in [0.15, 0.2) is 40.8 Å². The first-order chi connectivity index (χ1) is 12.6. The number of amides is 3. The molecule has 1 aliphatic rings. The lowest BCUT2D eigenvalue weighted by Crippen LogP contribution is -2.31. The fourth-order valence-corrected chi connectivity index (χ4v) is 2.74. The molecule has 0 saturated carbocycles. The largest absolute Gasteiger partial charge is 0.465 e. The molecule has 1 atom stereocenters. The van der Waals surface area contributed by atoms with Crippen LogP contribution in [0.25, 0.3) is 0 Å². The Morgan fingerprint density at radius 3 is 2.58 bits per heavy atom. The zero-order chi connectivity index (χ0) is 18.4. The van der Waals surface area contributed by atoms with Crippen LogP contribution >= 0.6 is 0 Å². The number of carbonyl (C=O) groups excluding carboxylic acids is 2. The van der Waals surface area contributed by atoms with Gasteiger partial charge >= 0.3 is 6.03 Å². The van der Waals surface area contributed by atoms with Gasteiger partial charge in [-0.3, -0.25) is 4.79 Å². The number of hydrogen-bond acceptors (Lipinski definition) is 4. The molecule has 0 unspecified atom stereocenters. The Labute approximate surface area is 152 Å². The maximum atomic E-state index is 12.1. The second-order valence-electron chi connectivity index (χ2n) is 6.24. The van der Waals surface area contributed by atoms with E-state index in [-0.39, 0.29) is 18.0 Å². The number of aryl methyl sites for hydroxylation is 1. The first-order valence-electron chi connectivity index (χ1n) is 8.70. The highest BCUT2D eigenvalue weighted by Gasteiger charge is 2.16. The van der Waals surface area contributed by atoms with E-state index in [9.17, 15) is 9.59 Å². The van der Waals surface area contributed by atoms with Crippen LogP contribution in [0.5, 0.6) is 0 Å². The lowest BCUT2D eigenvalue weighted by atomic mass is 10.2. The van der Waals surface area contributed by atoms with E-state index in [2.05, 4.69) is 16.0 Å². The van der Waals surface area contributed by atoms with E-state index >= 15 is 0 Å². The van der Waals surface area contributed by atoms with Crippen LogP contribution in [0.4, 0.5) is 10.5 Å². The normalized spacial score (nSPS) is 16.3. The lowest BCUT2D eigenvalue weighted by Gasteiger charge is -2.11. The molecule has 138 valence electrons. The summed E-state index contributed by atoms with van der Waals surface area (Å²) in [5, 5.41) is 8.30. The smallest absolute Gasteiger partial charge is 0.319 e. The summed E-state index contributed by atoms with van der Waals surface area (Å²) in [4.78, 5) is 24.0. The Morgan fingerprint density at radius 2 is 1.92 bits per heavy atom. The van der Waals surface area contributed by atoms with Gasteiger partial charge in [0.2, 0.25) is 0 Å². The molecule has 7 heteroatoms. The number of ether oxygens (including phenoxy) is 1. The Kier molecular flexibility index (Phi) is 5.91. The standard InChI is InChI=1S/C19H23N3O4/c1-13-4-9-17(26-13)12-21-19(24)22-15-7-5-14(6-8-15)18(23)20-11-16-3-2-10-25-16/h4-9,16H,2-3,10-12H2,1H3,(H,20,23)(H2,21,22,24)/t16-/m0/s1. The highest BCUT2D eigenvalue weighted by molar-refractivity contribution is 5.95. The predicted molar refractivity (Wildman–Crippen MR) is 97.1 cm³/mol. The quantitative estimate of drug-likeness (QED) is 0.741. The summed E-state index contributed by atoms with van der Waals surface area (Å²) in [6, 6.07) is 10.1. The van der Waals surface area contributed by atoms with Gasteiger partial charge in [0.1, 0.15) is 11.5 Å². The zero-order valence-corrected chi connectivity index (χ0v) is 14.7. The summed E-state index contributed by atoms with van der Waals surface area (Å²) in [6.45, 7) is 3.45. The first kappa shape index (κ1) is 18.0. The van der Waals surface area contributed by atoms with Crippen molar-refractivity contribution in [2.75, 3.05) is 18.5 Å². The van der Waals surface area contributed by atoms with Crippen molar-refractivity contribution in [3.63, 3.8) is 0 Å². The Morgan fingerprint density at radius 1 is 1.12 bits per heavy atom. The molecule has 1 aromatic heterocycles. The monoisotopic (exact) mass is 357 g/mol. The molecule has 3 amide bonds. The van der Waals surface area contributed by atoms with Crippen molar-refractivity contribution < 1.29 is 18.7 Å². The molecule has 0 radical (unpaired) electrons. The molecule has 0 aliphatic carbocycles. The van der Waals surface area contributed by atoms with E-state index in [1.54, 1.807) is 24.3 Å². The average Bonchev–Trinajstić information content (AvgIpc) is 3.30. The molecule has 1 aromatic carbocycles. The van der Waals surface area contributed by atoms with E-state index in [1.807, 2.05) is 19.1 Å². The molecule has 26 heavy (non-hydrogen) atoms. The highest BCUT2D eigenvalue weighted by Crippen LogP contribution is 2.12. The van der Waals surface area contributed by atoms with Gasteiger partial charge in [0.05, 0.1) is 12.6 Å². The molecular weight excluding hydrogens is 334 g/mol. The summed E-state index contributed by atoms with van der Waals surface area (Å²) < 4.78 is 10.9. The third kappa shape index (κ3) is 5.10. The summed E-state index contributed by atoms with van der Waals surface area (Å²) in [5.41, 5.74) is 1.15. The number of rotatable bonds is 6. The summed E-state index contributed by atoms with van der Waals surface area (Å²) >= 11 is 0. The van der Waals surface area contributed by atoms with Gasteiger partial charge in [-0.1, -0.05) is 0 Å². The van der Waals surface area contributed by atoms with Crippen LogP contribution < -0.4 is 16.0 Å². The topological polar surface area (TPSA) is 92.6 Å². The third-order valence-electron chi connectivity index (χ3n) is 4.14. The van der Waals surface area contributed by atoms with E-state index in [4.69, 9.17) is 9.15 Å². The van der Waals surface area contributed by atoms with Gasteiger partial charge in [-0.25, -0.2) is 4.79 Å². The van der Waals surface area contributed by atoms with Gasteiger partial charge in [-0.05, 0) is 56.2 Å². The molecular formula is C19H23N3O4. The zero-order valence-electron chi connectivity index (χ0n) is 14.7. The summed E-state index contributed by atoms with van der Waals surface area (Å²) in [7, 11) is 0. The molecule has 2 aromatic rings. The molecule has 7 nitrogen and oxygen atoms in total. The second-order valence-corrected chi connectivity index (χ2v) is 6.24. The minimum Gasteiger partial charge on any atom is -0.465 e. The van der Waals surface area contributed by atoms with Gasteiger partial charge < -0.3 is 25.1 Å². The van der Waals surface area contributed by atoms with Gasteiger partial charge in [-0.15, -0.1) is 0 Å². The number of benzene rings is 1. The summed E-state index contributed by atoms with van der Waals surface area (Å²) in [5.74, 6) is 1.34. The van der Waals surface area contributed by atoms with Crippen LogP contribution in [-0.2, 0) is 11.3 Å². The van der Waals surface area contributed by atoms with E-state index in [0.29, 0.717) is 30.1 Å². The van der Waals surface area contributed by atoms with E-state index in [1.165, 1.54) is 0 Å². The molecule has 0 bridgehead atoms. The number of anilines is 1. The Balaban J connectivity index is 1.44. The van der Waals surface area contributed by atoms with Crippen molar-refractivity contribution in [2.45, 2.75) is 32.4 Å². The first-order valence-corrected chi connectivity index (χ1v) is 8.70. The van der Waals surface area contributed by atoms with Gasteiger partial charge in [-0.2, -0.15) is 0 Å². The van der Waals surface area contributed by atoms with Crippen molar-refractivity contribution in [1.29, 1.82) is 0 Å². The van der Waals surface area contributed by atoms with Gasteiger partial charge in [0.15, 0.2) is 0 Å². The average molecular weight is 357 g/mol. The molecule has 1 saturated heterocycles. The van der Waals surface area contributed by atoms with Crippen LogP contribution in [0.3, 0.4) is 0 Å². The van der Waals surface area contributed by atoms with E-state index in [0.717, 1.165) is 25.2 Å². The molecule has 2 heterocycles. The summed E-state index contributed by atoms with van der Waals surface area (Å²) in [6.07, 6.45) is 2.14. The fraction of sp³-hybridized carbons (Fsp3) is 0.368. The molecule has 1 aliphatic heterocycles. The number of nitrogens with one attached hydrogen (secondary N) is 3. The van der Waals surface area contributed by atoms with Gasteiger partial charge in [0, 0.05) is 24.4 Å². The molecule has 3 rings (SSSR count). The predicted octanol–water partition coefficient (Wildman–Crippen LogP) is 2.82. The van der Waals surface area contributed by atoms with Crippen molar-refractivity contribution in [1.82, 2.24) is 10.6 Å². The number of carbonyl (C=O) groups is 2. The van der Waals surface area contributed by atoms with Crippen LogP contribution in [0, 0.1) is 6.92 Å². The highest BCUT2D eigenvalue weighted by atomic mass is 16.5. The van der Waals surface area contributed by atoms with Crippen LogP contribution in [0.1, 0.15) is 34.7 Å². The molecule has 0 spiro atoms. The van der Waals surface area contributed by atoms with E-state index < -0.39 is 0 Å². The fourth-order valence-electron chi connectivity index (χ4n) is 2.74. The number of urea groups is 1. The maximum absolute atomic E-state index is 12.1. The van der Waals surface area contributed by atoms with Crippen molar-refractivity contribution in [2.24, 2.45) is 0 Å². The minimum atomic E-state index is -0.338. The number of furan rings is 1. The second kappa shape index (κ2) is 8.53. The minimum absolute atomic E-state index is 0.113. The SMILES string of the molecule is Cc1ccc(CNC(=O)Nc2ccc(C(=O)NC[C@@H]3CCCO3)cc2)o1. The van der Waals surface area contributed by atoms with Gasteiger partial charge in [0.25, 0.3) is 5.91 Å². The van der Waals surface area contributed by atoms with Crippen LogP contribution in [-0.4, -0.2) is 31.2 Å². The lowest BCUT2D eigenvalue weighted by molar-refractivity contribution is 0.0858. The van der Waals surface area contributed by atoms with Crippen molar-refractivity contribution in [3.05, 3.63) is 53.5 Å². The Hall–Kier alpha value is -2.80. The molecule has 3 N–H and O–H groups in total. The number of hydrogen-bond donors (Lipinski definition) is 3.